The topological polar surface area (TPSA) is 44.8 Å². The molecule has 0 aromatic carbocycles. The maximum Gasteiger partial charge on any atom is 0.333 e. The van der Waals surface area contributed by atoms with E-state index in [1.807, 2.05) is 0 Å². The number of ether oxygens (including phenoxy) is 2. The molecule has 0 saturated carbocycles. The first-order valence-electron chi connectivity index (χ1n) is 7.64. The van der Waals surface area contributed by atoms with Gasteiger partial charge in [0.2, 0.25) is 0 Å². The summed E-state index contributed by atoms with van der Waals surface area (Å²) in [6, 6.07) is 1.13. The zero-order valence-corrected chi connectivity index (χ0v) is 16.6. The van der Waals surface area contributed by atoms with Crippen LogP contribution in [0.2, 0.25) is 38.8 Å². The molecule has 0 saturated heterocycles. The van der Waals surface area contributed by atoms with Crippen LogP contribution in [-0.4, -0.2) is 42.4 Å². The second kappa shape index (κ2) is 9.55. The zero-order valence-electron chi connectivity index (χ0n) is 14.6. The number of hydrogen-bond donors (Lipinski definition) is 0. The highest BCUT2D eigenvalue weighted by atomic mass is 28.4. The minimum atomic E-state index is -1.54. The molecule has 0 rings (SSSR count). The van der Waals surface area contributed by atoms with E-state index in [1.165, 1.54) is 0 Å². The van der Waals surface area contributed by atoms with Gasteiger partial charge >= 0.3 is 5.97 Å². The van der Waals surface area contributed by atoms with Crippen LogP contribution in [0.5, 0.6) is 0 Å². The van der Waals surface area contributed by atoms with Crippen molar-refractivity contribution >= 4 is 22.6 Å². The monoisotopic (exact) mass is 332 g/mol. The number of esters is 1. The summed E-state index contributed by atoms with van der Waals surface area (Å²) in [4.78, 5) is 11.1. The van der Waals surface area contributed by atoms with Crippen molar-refractivity contribution in [2.75, 3.05) is 19.8 Å². The Balaban J connectivity index is 3.56. The summed E-state index contributed by atoms with van der Waals surface area (Å²) in [7, 11) is -2.97. The molecular weight excluding hydrogens is 300 g/mol. The zero-order chi connectivity index (χ0) is 16.5. The summed E-state index contributed by atoms with van der Waals surface area (Å²) in [6.45, 7) is 18.2. The fourth-order valence-corrected chi connectivity index (χ4v) is 10.1. The van der Waals surface area contributed by atoms with Gasteiger partial charge in [-0.2, -0.15) is 0 Å². The Morgan fingerprint density at radius 2 is 1.57 bits per heavy atom. The Bertz CT molecular complexity index is 335. The summed E-state index contributed by atoms with van der Waals surface area (Å²) in [5.41, 5.74) is 0.436. The molecule has 0 amide bonds. The van der Waals surface area contributed by atoms with E-state index in [1.54, 1.807) is 6.92 Å². The smallest absolute Gasteiger partial charge is 0.333 e. The highest BCUT2D eigenvalue weighted by molar-refractivity contribution is 6.84. The van der Waals surface area contributed by atoms with E-state index in [0.29, 0.717) is 18.8 Å². The van der Waals surface area contributed by atoms with Crippen LogP contribution in [0, 0.1) is 0 Å². The summed E-state index contributed by atoms with van der Waals surface area (Å²) in [5.74, 6) is -0.328. The average Bonchev–Trinajstić information content (AvgIpc) is 2.28. The normalized spacial score (nSPS) is 12.3. The molecule has 0 bridgehead atoms. The lowest BCUT2D eigenvalue weighted by molar-refractivity contribution is -0.139. The van der Waals surface area contributed by atoms with Gasteiger partial charge in [0.1, 0.15) is 0 Å². The van der Waals surface area contributed by atoms with Crippen LogP contribution >= 0.6 is 0 Å². The Morgan fingerprint density at radius 1 is 1.00 bits per heavy atom. The molecule has 0 aliphatic carbocycles. The van der Waals surface area contributed by atoms with Crippen molar-refractivity contribution in [2.45, 2.75) is 58.5 Å². The molecule has 0 fully saturated rings. The highest BCUT2D eigenvalue weighted by Gasteiger charge is 2.28. The van der Waals surface area contributed by atoms with Crippen molar-refractivity contribution in [1.82, 2.24) is 0 Å². The standard InChI is InChI=1S/C15H32O4Si2/c1-14(2)15(16)18-12-8-10-17-11-9-13-21(6,7)19-20(3,4)5/h1,8-13H2,2-7H3. The van der Waals surface area contributed by atoms with Gasteiger partial charge in [0.15, 0.2) is 16.6 Å². The predicted molar refractivity (Wildman–Crippen MR) is 92.5 cm³/mol. The molecule has 0 heterocycles. The lowest BCUT2D eigenvalue weighted by atomic mass is 10.4. The molecule has 6 heteroatoms. The van der Waals surface area contributed by atoms with E-state index in [4.69, 9.17) is 13.6 Å². The third-order valence-electron chi connectivity index (χ3n) is 2.66. The van der Waals surface area contributed by atoms with Crippen molar-refractivity contribution in [1.29, 1.82) is 0 Å². The summed E-state index contributed by atoms with van der Waals surface area (Å²) in [5, 5.41) is 0. The molecule has 4 nitrogen and oxygen atoms in total. The molecule has 0 unspecified atom stereocenters. The molecule has 0 aromatic rings. The van der Waals surface area contributed by atoms with E-state index in [-0.39, 0.29) is 5.97 Å². The molecule has 0 aliphatic heterocycles. The molecule has 0 N–H and O–H groups in total. The van der Waals surface area contributed by atoms with Gasteiger partial charge in [0.05, 0.1) is 6.61 Å². The summed E-state index contributed by atoms with van der Waals surface area (Å²) < 4.78 is 16.8. The molecule has 124 valence electrons. The molecule has 0 radical (unpaired) electrons. The van der Waals surface area contributed by atoms with Crippen LogP contribution in [0.3, 0.4) is 0 Å². The summed E-state index contributed by atoms with van der Waals surface area (Å²) >= 11 is 0. The molecule has 21 heavy (non-hydrogen) atoms. The second-order valence-corrected chi connectivity index (χ2v) is 16.0. The average molecular weight is 333 g/mol. The van der Waals surface area contributed by atoms with Gasteiger partial charge < -0.3 is 13.6 Å². The molecule has 0 atom stereocenters. The molecular formula is C15H32O4Si2. The van der Waals surface area contributed by atoms with Gasteiger partial charge in [0.25, 0.3) is 0 Å². The van der Waals surface area contributed by atoms with Crippen LogP contribution in [0.1, 0.15) is 19.8 Å². The van der Waals surface area contributed by atoms with E-state index in [2.05, 4.69) is 39.3 Å². The Hall–Kier alpha value is -0.436. The van der Waals surface area contributed by atoms with E-state index >= 15 is 0 Å². The Labute approximate surface area is 132 Å². The maximum atomic E-state index is 11.1. The maximum absolute atomic E-state index is 11.1. The van der Waals surface area contributed by atoms with Gasteiger partial charge in [-0.1, -0.05) is 6.58 Å². The van der Waals surface area contributed by atoms with E-state index < -0.39 is 16.6 Å². The van der Waals surface area contributed by atoms with Crippen LogP contribution in [0.25, 0.3) is 0 Å². The van der Waals surface area contributed by atoms with E-state index in [0.717, 1.165) is 25.5 Å². The molecule has 0 aromatic heterocycles. The molecule has 0 aliphatic rings. The van der Waals surface area contributed by atoms with Crippen LogP contribution < -0.4 is 0 Å². The minimum Gasteiger partial charge on any atom is -0.462 e. The second-order valence-electron chi connectivity index (χ2n) is 6.96. The first-order valence-corrected chi connectivity index (χ1v) is 14.2. The number of carbonyl (C=O) groups is 1. The number of carbonyl (C=O) groups excluding carboxylic acids is 1. The van der Waals surface area contributed by atoms with Crippen LogP contribution in [0.15, 0.2) is 12.2 Å². The van der Waals surface area contributed by atoms with Crippen molar-refractivity contribution in [3.63, 3.8) is 0 Å². The van der Waals surface area contributed by atoms with Gasteiger partial charge in [0, 0.05) is 25.2 Å². The number of rotatable bonds is 11. The third kappa shape index (κ3) is 13.0. The van der Waals surface area contributed by atoms with Gasteiger partial charge in [-0.15, -0.1) is 0 Å². The minimum absolute atomic E-state index is 0.328. The quantitative estimate of drug-likeness (QED) is 0.249. The first-order chi connectivity index (χ1) is 9.53. The number of hydrogen-bond acceptors (Lipinski definition) is 4. The lowest BCUT2D eigenvalue weighted by Gasteiger charge is -2.31. The fourth-order valence-electron chi connectivity index (χ4n) is 2.03. The predicted octanol–water partition coefficient (Wildman–Crippen LogP) is 3.96. The van der Waals surface area contributed by atoms with Crippen molar-refractivity contribution in [3.05, 3.63) is 12.2 Å². The summed E-state index contributed by atoms with van der Waals surface area (Å²) in [6.07, 6.45) is 1.76. The first kappa shape index (κ1) is 20.6. The third-order valence-corrected chi connectivity index (χ3v) is 8.88. The van der Waals surface area contributed by atoms with Crippen molar-refractivity contribution < 1.29 is 18.4 Å². The Kier molecular flexibility index (Phi) is 9.36. The van der Waals surface area contributed by atoms with E-state index in [9.17, 15) is 4.79 Å². The largest absolute Gasteiger partial charge is 0.462 e. The van der Waals surface area contributed by atoms with Crippen molar-refractivity contribution in [2.24, 2.45) is 0 Å². The van der Waals surface area contributed by atoms with Gasteiger partial charge in [-0.05, 0) is 52.1 Å². The fraction of sp³-hybridized carbons (Fsp3) is 0.800. The SMILES string of the molecule is C=C(C)C(=O)OCCCOCCC[Si](C)(C)O[Si](C)(C)C. The molecule has 0 spiro atoms. The van der Waals surface area contributed by atoms with Gasteiger partial charge in [-0.25, -0.2) is 4.79 Å². The highest BCUT2D eigenvalue weighted by Crippen LogP contribution is 2.19. The van der Waals surface area contributed by atoms with Crippen LogP contribution in [0.4, 0.5) is 0 Å². The Morgan fingerprint density at radius 3 is 2.10 bits per heavy atom. The lowest BCUT2D eigenvalue weighted by Crippen LogP contribution is -2.42. The van der Waals surface area contributed by atoms with Gasteiger partial charge in [-0.3, -0.25) is 0 Å². The van der Waals surface area contributed by atoms with Crippen LogP contribution in [-0.2, 0) is 18.4 Å². The van der Waals surface area contributed by atoms with Crippen molar-refractivity contribution in [3.8, 4) is 0 Å².